The molecule has 0 saturated heterocycles. The Morgan fingerprint density at radius 2 is 2.11 bits per heavy atom. The third-order valence-electron chi connectivity index (χ3n) is 2.54. The quantitative estimate of drug-likeness (QED) is 0.900. The molecule has 0 fully saturated rings. The van der Waals surface area contributed by atoms with Gasteiger partial charge >= 0.3 is 0 Å². The Morgan fingerprint density at radius 1 is 1.28 bits per heavy atom. The van der Waals surface area contributed by atoms with Gasteiger partial charge in [0.25, 0.3) is 0 Å². The van der Waals surface area contributed by atoms with Crippen molar-refractivity contribution in [2.75, 3.05) is 7.05 Å². The van der Waals surface area contributed by atoms with Crippen molar-refractivity contribution in [3.63, 3.8) is 0 Å². The molecular formula is C14H15FN2O. The zero-order chi connectivity index (χ0) is 13.0. The monoisotopic (exact) mass is 246 g/mol. The first-order valence-corrected chi connectivity index (χ1v) is 5.72. The van der Waals surface area contributed by atoms with Gasteiger partial charge in [0.1, 0.15) is 11.6 Å². The number of aromatic nitrogens is 1. The minimum Gasteiger partial charge on any atom is -0.439 e. The fraction of sp³-hybridized carbons (Fsp3) is 0.214. The van der Waals surface area contributed by atoms with Gasteiger partial charge in [-0.2, -0.15) is 0 Å². The Morgan fingerprint density at radius 3 is 2.78 bits per heavy atom. The average Bonchev–Trinajstić information content (AvgIpc) is 2.37. The van der Waals surface area contributed by atoms with Crippen molar-refractivity contribution in [1.82, 2.24) is 10.3 Å². The fourth-order valence-corrected chi connectivity index (χ4v) is 1.58. The van der Waals surface area contributed by atoms with Crippen LogP contribution in [0.3, 0.4) is 0 Å². The van der Waals surface area contributed by atoms with E-state index in [-0.39, 0.29) is 5.82 Å². The average molecular weight is 246 g/mol. The molecule has 4 heteroatoms. The molecule has 94 valence electrons. The van der Waals surface area contributed by atoms with Gasteiger partial charge in [0.15, 0.2) is 0 Å². The molecule has 0 spiro atoms. The molecule has 0 unspecified atom stereocenters. The third kappa shape index (κ3) is 3.05. The van der Waals surface area contributed by atoms with E-state index in [4.69, 9.17) is 4.74 Å². The lowest BCUT2D eigenvalue weighted by atomic mass is 10.2. The van der Waals surface area contributed by atoms with Gasteiger partial charge < -0.3 is 10.1 Å². The SMILES string of the molecule is CNCc1ccc(Oc2cc(F)ccc2C)nc1. The molecule has 0 aliphatic rings. The van der Waals surface area contributed by atoms with Crippen LogP contribution in [0, 0.1) is 12.7 Å². The molecule has 0 aliphatic heterocycles. The summed E-state index contributed by atoms with van der Waals surface area (Å²) in [6.07, 6.45) is 1.74. The second-order valence-electron chi connectivity index (χ2n) is 4.05. The van der Waals surface area contributed by atoms with Crippen LogP contribution in [0.4, 0.5) is 4.39 Å². The first kappa shape index (κ1) is 12.5. The molecule has 1 heterocycles. The van der Waals surface area contributed by atoms with E-state index in [2.05, 4.69) is 10.3 Å². The van der Waals surface area contributed by atoms with Crippen molar-refractivity contribution < 1.29 is 9.13 Å². The molecule has 0 amide bonds. The van der Waals surface area contributed by atoms with Crippen molar-refractivity contribution >= 4 is 0 Å². The Balaban J connectivity index is 2.15. The Bertz CT molecular complexity index is 526. The molecule has 18 heavy (non-hydrogen) atoms. The summed E-state index contributed by atoms with van der Waals surface area (Å²) in [5.41, 5.74) is 1.94. The summed E-state index contributed by atoms with van der Waals surface area (Å²) in [6, 6.07) is 8.15. The van der Waals surface area contributed by atoms with Crippen LogP contribution in [-0.2, 0) is 6.54 Å². The fourth-order valence-electron chi connectivity index (χ4n) is 1.58. The van der Waals surface area contributed by atoms with Crippen LogP contribution in [0.25, 0.3) is 0 Å². The van der Waals surface area contributed by atoms with Crippen LogP contribution in [0.15, 0.2) is 36.5 Å². The number of ether oxygens (including phenoxy) is 1. The highest BCUT2D eigenvalue weighted by Gasteiger charge is 2.04. The van der Waals surface area contributed by atoms with Crippen LogP contribution in [0.5, 0.6) is 11.6 Å². The molecule has 1 aromatic heterocycles. The Labute approximate surface area is 106 Å². The van der Waals surface area contributed by atoms with Crippen molar-refractivity contribution in [3.8, 4) is 11.6 Å². The molecule has 0 radical (unpaired) electrons. The van der Waals surface area contributed by atoms with Gasteiger partial charge in [0, 0.05) is 24.9 Å². The zero-order valence-electron chi connectivity index (χ0n) is 10.4. The lowest BCUT2D eigenvalue weighted by molar-refractivity contribution is 0.454. The summed E-state index contributed by atoms with van der Waals surface area (Å²) in [5.74, 6) is 0.634. The first-order chi connectivity index (χ1) is 8.69. The number of nitrogens with zero attached hydrogens (tertiary/aromatic N) is 1. The van der Waals surface area contributed by atoms with Gasteiger partial charge in [0.05, 0.1) is 0 Å². The van der Waals surface area contributed by atoms with E-state index in [1.165, 1.54) is 12.1 Å². The number of aryl methyl sites for hydroxylation is 1. The summed E-state index contributed by atoms with van der Waals surface area (Å²) < 4.78 is 18.7. The highest BCUT2D eigenvalue weighted by atomic mass is 19.1. The van der Waals surface area contributed by atoms with Crippen molar-refractivity contribution in [3.05, 3.63) is 53.5 Å². The summed E-state index contributed by atoms with van der Waals surface area (Å²) in [4.78, 5) is 4.18. The van der Waals surface area contributed by atoms with Gasteiger partial charge in [-0.3, -0.25) is 0 Å². The maximum atomic E-state index is 13.1. The van der Waals surface area contributed by atoms with E-state index >= 15 is 0 Å². The first-order valence-electron chi connectivity index (χ1n) is 5.72. The molecule has 1 aromatic carbocycles. The largest absolute Gasteiger partial charge is 0.439 e. The topological polar surface area (TPSA) is 34.1 Å². The normalized spacial score (nSPS) is 10.4. The van der Waals surface area contributed by atoms with Crippen LogP contribution < -0.4 is 10.1 Å². The van der Waals surface area contributed by atoms with E-state index in [0.717, 1.165) is 17.7 Å². The van der Waals surface area contributed by atoms with E-state index in [9.17, 15) is 4.39 Å². The van der Waals surface area contributed by atoms with E-state index in [1.54, 1.807) is 18.3 Å². The lowest BCUT2D eigenvalue weighted by Crippen LogP contribution is -2.05. The number of nitrogens with one attached hydrogen (secondary N) is 1. The summed E-state index contributed by atoms with van der Waals surface area (Å²) >= 11 is 0. The predicted octanol–water partition coefficient (Wildman–Crippen LogP) is 3.04. The maximum Gasteiger partial charge on any atom is 0.219 e. The Kier molecular flexibility index (Phi) is 3.89. The Hall–Kier alpha value is -1.94. The van der Waals surface area contributed by atoms with Crippen molar-refractivity contribution in [2.45, 2.75) is 13.5 Å². The highest BCUT2D eigenvalue weighted by molar-refractivity contribution is 5.35. The van der Waals surface area contributed by atoms with Gasteiger partial charge in [-0.25, -0.2) is 9.37 Å². The number of pyridine rings is 1. The van der Waals surface area contributed by atoms with Crippen LogP contribution >= 0.6 is 0 Å². The van der Waals surface area contributed by atoms with Gasteiger partial charge in [0.2, 0.25) is 5.88 Å². The molecule has 2 rings (SSSR count). The number of halogens is 1. The number of rotatable bonds is 4. The third-order valence-corrected chi connectivity index (χ3v) is 2.54. The molecular weight excluding hydrogens is 231 g/mol. The molecule has 1 N–H and O–H groups in total. The predicted molar refractivity (Wildman–Crippen MR) is 68.2 cm³/mol. The summed E-state index contributed by atoms with van der Waals surface area (Å²) in [5, 5.41) is 3.04. The van der Waals surface area contributed by atoms with Gasteiger partial charge in [-0.15, -0.1) is 0 Å². The molecule has 0 bridgehead atoms. The van der Waals surface area contributed by atoms with Gasteiger partial charge in [-0.05, 0) is 31.2 Å². The lowest BCUT2D eigenvalue weighted by Gasteiger charge is -2.08. The highest BCUT2D eigenvalue weighted by Crippen LogP contribution is 2.24. The molecule has 0 aliphatic carbocycles. The molecule has 3 nitrogen and oxygen atoms in total. The molecule has 2 aromatic rings. The number of hydrogen-bond donors (Lipinski definition) is 1. The second-order valence-corrected chi connectivity index (χ2v) is 4.05. The van der Waals surface area contributed by atoms with E-state index < -0.39 is 0 Å². The van der Waals surface area contributed by atoms with Crippen molar-refractivity contribution in [2.24, 2.45) is 0 Å². The van der Waals surface area contributed by atoms with Crippen LogP contribution in [0.1, 0.15) is 11.1 Å². The smallest absolute Gasteiger partial charge is 0.219 e. The minimum absolute atomic E-state index is 0.317. The zero-order valence-corrected chi connectivity index (χ0v) is 10.4. The van der Waals surface area contributed by atoms with Crippen LogP contribution in [-0.4, -0.2) is 12.0 Å². The summed E-state index contributed by atoms with van der Waals surface area (Å²) in [7, 11) is 1.88. The van der Waals surface area contributed by atoms with Crippen molar-refractivity contribution in [1.29, 1.82) is 0 Å². The van der Waals surface area contributed by atoms with E-state index in [1.807, 2.05) is 20.0 Å². The second kappa shape index (κ2) is 5.60. The molecule has 0 saturated carbocycles. The van der Waals surface area contributed by atoms with Crippen LogP contribution in [0.2, 0.25) is 0 Å². The van der Waals surface area contributed by atoms with Gasteiger partial charge in [-0.1, -0.05) is 12.1 Å². The standard InChI is InChI=1S/C14H15FN2O/c1-10-3-5-12(15)7-13(10)18-14-6-4-11(8-16-2)9-17-14/h3-7,9,16H,8H2,1-2H3. The maximum absolute atomic E-state index is 13.1. The molecule has 0 atom stereocenters. The summed E-state index contributed by atoms with van der Waals surface area (Å²) in [6.45, 7) is 2.62. The minimum atomic E-state index is -0.317. The van der Waals surface area contributed by atoms with E-state index in [0.29, 0.717) is 11.6 Å². The number of hydrogen-bond acceptors (Lipinski definition) is 3. The number of benzene rings is 1.